The molecule has 0 aliphatic heterocycles. The topological polar surface area (TPSA) is 147 Å². The lowest BCUT2D eigenvalue weighted by molar-refractivity contribution is 0.0662. The minimum Gasteiger partial charge on any atom is -0.507 e. The summed E-state index contributed by atoms with van der Waals surface area (Å²) >= 11 is 1.18. The van der Waals surface area contributed by atoms with E-state index in [1.54, 1.807) is 36.4 Å². The number of hydrogen-bond donors (Lipinski definition) is 3. The van der Waals surface area contributed by atoms with Gasteiger partial charge in [0.15, 0.2) is 11.2 Å². The number of furan rings is 1. The first-order valence-electron chi connectivity index (χ1n) is 13.8. The maximum atomic E-state index is 13.5. The minimum absolute atomic E-state index is 0.0180. The smallest absolute Gasteiger partial charge is 0.371 e. The number of rotatable bonds is 14. The van der Waals surface area contributed by atoms with Crippen molar-refractivity contribution in [1.29, 1.82) is 0 Å². The van der Waals surface area contributed by atoms with E-state index in [-0.39, 0.29) is 33.8 Å². The molecule has 0 aliphatic rings. The van der Waals surface area contributed by atoms with Gasteiger partial charge in [0.1, 0.15) is 28.9 Å². The number of thioether (sulfide) groups is 1. The lowest BCUT2D eigenvalue weighted by atomic mass is 10.0. The van der Waals surface area contributed by atoms with Crippen molar-refractivity contribution >= 4 is 34.5 Å². The Morgan fingerprint density at radius 1 is 1.09 bits per heavy atom. The quantitative estimate of drug-likeness (QED) is 0.0590. The van der Waals surface area contributed by atoms with Crippen LogP contribution in [-0.4, -0.2) is 38.9 Å². The average Bonchev–Trinajstić information content (AvgIpc) is 3.42. The molecule has 11 heteroatoms. The molecule has 2 aromatic carbocycles. The van der Waals surface area contributed by atoms with Crippen molar-refractivity contribution < 1.29 is 42.9 Å². The van der Waals surface area contributed by atoms with E-state index in [4.69, 9.17) is 13.6 Å². The van der Waals surface area contributed by atoms with E-state index >= 15 is 0 Å². The normalized spacial score (nSPS) is 13.1. The number of phenols is 1. The van der Waals surface area contributed by atoms with Crippen LogP contribution in [0, 0.1) is 6.01 Å². The van der Waals surface area contributed by atoms with Gasteiger partial charge >= 0.3 is 5.97 Å². The SMILES string of the molecule is CCCc1c(OCC/C=C\C=C\[C@H](Sc2ccc3c(=O)cc(C(=O)O)oc3c2)[C@H](O)c2ccc(F)o2)ccc(C(C)=O)c1O. The van der Waals surface area contributed by atoms with E-state index in [0.29, 0.717) is 35.7 Å². The van der Waals surface area contributed by atoms with Crippen LogP contribution in [0.1, 0.15) is 65.0 Å². The maximum absolute atomic E-state index is 13.5. The molecule has 3 N–H and O–H groups in total. The lowest BCUT2D eigenvalue weighted by Gasteiger charge is -2.18. The summed E-state index contributed by atoms with van der Waals surface area (Å²) < 4.78 is 29.8. The average molecular weight is 623 g/mol. The summed E-state index contributed by atoms with van der Waals surface area (Å²) in [6.45, 7) is 3.68. The molecule has 0 saturated carbocycles. The number of carboxylic acid groups (broad SMARTS) is 1. The van der Waals surface area contributed by atoms with Gasteiger partial charge in [-0.3, -0.25) is 9.59 Å². The molecule has 44 heavy (non-hydrogen) atoms. The Bertz CT molecular complexity index is 1770. The van der Waals surface area contributed by atoms with E-state index < -0.39 is 34.5 Å². The first-order valence-corrected chi connectivity index (χ1v) is 14.7. The third-order valence-electron chi connectivity index (χ3n) is 6.59. The molecule has 0 unspecified atom stereocenters. The van der Waals surface area contributed by atoms with Crippen molar-refractivity contribution in [2.75, 3.05) is 6.61 Å². The number of carboxylic acids is 1. The molecule has 0 amide bonds. The molecule has 0 fully saturated rings. The number of phenolic OH excluding ortho intramolecular Hbond substituents is 1. The first-order chi connectivity index (χ1) is 21.1. The zero-order valence-corrected chi connectivity index (χ0v) is 24.8. The molecule has 2 aromatic heterocycles. The molecule has 0 bridgehead atoms. The molecule has 0 radical (unpaired) electrons. The van der Waals surface area contributed by atoms with Crippen LogP contribution in [-0.2, 0) is 6.42 Å². The number of aromatic hydroxyl groups is 1. The van der Waals surface area contributed by atoms with Crippen molar-refractivity contribution in [1.82, 2.24) is 0 Å². The summed E-state index contributed by atoms with van der Waals surface area (Å²) in [4.78, 5) is 36.0. The molecular formula is C33H31FO9S. The van der Waals surface area contributed by atoms with Gasteiger partial charge < -0.3 is 28.9 Å². The lowest BCUT2D eigenvalue weighted by Crippen LogP contribution is -2.12. The van der Waals surface area contributed by atoms with Gasteiger partial charge in [0.25, 0.3) is 6.01 Å². The number of aromatic carboxylic acids is 1. The summed E-state index contributed by atoms with van der Waals surface area (Å²) in [5, 5.41) is 30.2. The Kier molecular flexibility index (Phi) is 10.8. The number of hydrogen-bond acceptors (Lipinski definition) is 9. The van der Waals surface area contributed by atoms with Crippen LogP contribution in [0.5, 0.6) is 11.5 Å². The van der Waals surface area contributed by atoms with Crippen LogP contribution in [0.2, 0.25) is 0 Å². The predicted octanol–water partition coefficient (Wildman–Crippen LogP) is 6.86. The fraction of sp³-hybridized carbons (Fsp3) is 0.242. The number of aliphatic hydroxyl groups is 1. The summed E-state index contributed by atoms with van der Waals surface area (Å²) in [5.74, 6) is -1.60. The van der Waals surface area contributed by atoms with Crippen LogP contribution in [0.4, 0.5) is 4.39 Å². The summed E-state index contributed by atoms with van der Waals surface area (Å²) in [5.41, 5.74) is 0.436. The number of carbonyl (C=O) groups excluding carboxylic acids is 1. The van der Waals surface area contributed by atoms with Gasteiger partial charge in [0, 0.05) is 22.6 Å². The van der Waals surface area contributed by atoms with E-state index in [1.165, 1.54) is 36.9 Å². The van der Waals surface area contributed by atoms with Crippen LogP contribution >= 0.6 is 11.8 Å². The molecule has 9 nitrogen and oxygen atoms in total. The molecular weight excluding hydrogens is 591 g/mol. The monoisotopic (exact) mass is 622 g/mol. The fourth-order valence-electron chi connectivity index (χ4n) is 4.44. The summed E-state index contributed by atoms with van der Waals surface area (Å²) in [7, 11) is 0. The highest BCUT2D eigenvalue weighted by Gasteiger charge is 2.24. The van der Waals surface area contributed by atoms with Crippen molar-refractivity contribution in [3.05, 3.63) is 112 Å². The van der Waals surface area contributed by atoms with Gasteiger partial charge in [-0.15, -0.1) is 11.8 Å². The van der Waals surface area contributed by atoms with Gasteiger partial charge in [-0.05, 0) is 56.2 Å². The van der Waals surface area contributed by atoms with Gasteiger partial charge in [-0.1, -0.05) is 37.6 Å². The Balaban J connectivity index is 1.46. The number of carbonyl (C=O) groups is 2. The van der Waals surface area contributed by atoms with Gasteiger partial charge in [0.05, 0.1) is 22.8 Å². The van der Waals surface area contributed by atoms with Crippen LogP contribution in [0.15, 0.2) is 91.4 Å². The standard InChI is InChI=1S/C33H31FO9S/c1-3-8-23-25(13-12-21(19(2)35)31(23)37)41-16-7-5-4-6-9-29(32(38)26-14-15-30(34)43-26)44-20-10-11-22-24(36)18-28(33(39)40)42-27(22)17-20/h4-6,9-15,17-18,29,32,37-38H,3,7-8,16H2,1-2H3,(H,39,40)/b5-4-,9-6+/t29-,32+/m0/s1. The summed E-state index contributed by atoms with van der Waals surface area (Å²) in [6.07, 6.45) is 7.61. The number of aliphatic hydroxyl groups excluding tert-OH is 1. The van der Waals surface area contributed by atoms with Gasteiger partial charge in [-0.25, -0.2) is 4.79 Å². The van der Waals surface area contributed by atoms with Crippen molar-refractivity contribution in [2.24, 2.45) is 0 Å². The second-order valence-corrected chi connectivity index (χ2v) is 11.1. The van der Waals surface area contributed by atoms with Crippen LogP contribution in [0.3, 0.4) is 0 Å². The molecule has 4 rings (SSSR count). The number of allylic oxidation sites excluding steroid dienone is 2. The Hall–Kier alpha value is -4.61. The third kappa shape index (κ3) is 7.86. The Morgan fingerprint density at radius 3 is 2.57 bits per heavy atom. The molecule has 0 saturated heterocycles. The molecule has 230 valence electrons. The van der Waals surface area contributed by atoms with E-state index in [9.17, 15) is 34.1 Å². The number of Topliss-reactive ketones (excluding diaryl/α,β-unsaturated/α-hetero) is 1. The van der Waals surface area contributed by atoms with Gasteiger partial charge in [0.2, 0.25) is 5.76 Å². The highest BCUT2D eigenvalue weighted by atomic mass is 32.2. The number of fused-ring (bicyclic) bond motifs is 1. The molecule has 0 aliphatic carbocycles. The molecule has 4 aromatic rings. The highest BCUT2D eigenvalue weighted by Crippen LogP contribution is 2.35. The van der Waals surface area contributed by atoms with Crippen LogP contribution < -0.4 is 10.2 Å². The number of halogens is 1. The maximum Gasteiger partial charge on any atom is 0.371 e. The molecule has 2 heterocycles. The number of ketones is 1. The molecule has 0 spiro atoms. The largest absolute Gasteiger partial charge is 0.507 e. The highest BCUT2D eigenvalue weighted by molar-refractivity contribution is 8.00. The summed E-state index contributed by atoms with van der Waals surface area (Å²) in [6, 6.07) is 10.4. The first kappa shape index (κ1) is 32.3. The fourth-order valence-corrected chi connectivity index (χ4v) is 5.51. The van der Waals surface area contributed by atoms with Crippen molar-refractivity contribution in [2.45, 2.75) is 49.4 Å². The minimum atomic E-state index is -1.37. The Morgan fingerprint density at radius 2 is 1.89 bits per heavy atom. The Labute approximate surface area is 256 Å². The van der Waals surface area contributed by atoms with Gasteiger partial charge in [-0.2, -0.15) is 4.39 Å². The van der Waals surface area contributed by atoms with Crippen molar-refractivity contribution in [3.8, 4) is 11.5 Å². The zero-order valence-electron chi connectivity index (χ0n) is 24.0. The van der Waals surface area contributed by atoms with E-state index in [1.807, 2.05) is 13.0 Å². The van der Waals surface area contributed by atoms with E-state index in [2.05, 4.69) is 0 Å². The second kappa shape index (κ2) is 14.7. The number of benzene rings is 2. The van der Waals surface area contributed by atoms with Crippen LogP contribution in [0.25, 0.3) is 11.0 Å². The third-order valence-corrected chi connectivity index (χ3v) is 7.80. The zero-order chi connectivity index (χ0) is 31.8. The number of ether oxygens (including phenoxy) is 1. The van der Waals surface area contributed by atoms with Crippen molar-refractivity contribution in [3.63, 3.8) is 0 Å². The molecule has 2 atom stereocenters. The van der Waals surface area contributed by atoms with E-state index in [0.717, 1.165) is 18.6 Å². The predicted molar refractivity (Wildman–Crippen MR) is 163 cm³/mol. The second-order valence-electron chi connectivity index (χ2n) is 9.80.